The second-order valence-corrected chi connectivity index (χ2v) is 4.89. The van der Waals surface area contributed by atoms with Crippen molar-refractivity contribution in [2.75, 3.05) is 6.54 Å². The molecule has 6 heteroatoms. The third kappa shape index (κ3) is 4.67. The van der Waals surface area contributed by atoms with E-state index in [0.717, 1.165) is 6.20 Å². The van der Waals surface area contributed by atoms with Gasteiger partial charge in [0, 0.05) is 18.3 Å². The first kappa shape index (κ1) is 14.4. The Bertz CT molecular complexity index is 418. The van der Waals surface area contributed by atoms with Crippen LogP contribution in [0.3, 0.4) is 0 Å². The zero-order valence-corrected chi connectivity index (χ0v) is 10.7. The number of aromatic nitrogens is 1. The summed E-state index contributed by atoms with van der Waals surface area (Å²) in [6, 6.07) is 0.844. The first-order valence-electron chi connectivity index (χ1n) is 5.61. The van der Waals surface area contributed by atoms with E-state index in [-0.39, 0.29) is 6.54 Å². The number of nitrogens with two attached hydrogens (primary N) is 1. The van der Waals surface area contributed by atoms with Crippen molar-refractivity contribution in [2.24, 2.45) is 5.73 Å². The van der Waals surface area contributed by atoms with Crippen LogP contribution in [-0.2, 0) is 4.74 Å². The van der Waals surface area contributed by atoms with Crippen molar-refractivity contribution < 1.29 is 13.9 Å². The summed E-state index contributed by atoms with van der Waals surface area (Å²) in [7, 11) is 0. The largest absolute Gasteiger partial charge is 0.444 e. The first-order valence-corrected chi connectivity index (χ1v) is 5.61. The van der Waals surface area contributed by atoms with E-state index in [1.54, 1.807) is 20.8 Å². The van der Waals surface area contributed by atoms with Crippen LogP contribution in [0, 0.1) is 5.82 Å². The number of amides is 1. The molecular weight excluding hydrogens is 237 g/mol. The maximum absolute atomic E-state index is 13.3. The summed E-state index contributed by atoms with van der Waals surface area (Å²) in [5.74, 6) is -0.490. The number of pyridine rings is 1. The summed E-state index contributed by atoms with van der Waals surface area (Å²) in [5.41, 5.74) is 5.50. The predicted molar refractivity (Wildman–Crippen MR) is 65.4 cm³/mol. The lowest BCUT2D eigenvalue weighted by molar-refractivity contribution is 0.0524. The zero-order chi connectivity index (χ0) is 13.8. The first-order chi connectivity index (χ1) is 8.29. The van der Waals surface area contributed by atoms with Crippen LogP contribution < -0.4 is 11.1 Å². The van der Waals surface area contributed by atoms with E-state index in [1.165, 1.54) is 12.3 Å². The normalized spacial score (nSPS) is 12.9. The highest BCUT2D eigenvalue weighted by molar-refractivity contribution is 5.67. The Morgan fingerprint density at radius 3 is 2.83 bits per heavy atom. The molecule has 0 spiro atoms. The minimum absolute atomic E-state index is 0.0931. The molecule has 1 amide bonds. The average molecular weight is 255 g/mol. The van der Waals surface area contributed by atoms with Gasteiger partial charge in [-0.15, -0.1) is 0 Å². The van der Waals surface area contributed by atoms with Gasteiger partial charge in [-0.05, 0) is 26.8 Å². The van der Waals surface area contributed by atoms with Crippen LogP contribution in [0.2, 0.25) is 0 Å². The number of hydrogen-bond donors (Lipinski definition) is 2. The number of alkyl carbamates (subject to hydrolysis) is 1. The number of ether oxygens (including phenoxy) is 1. The second-order valence-electron chi connectivity index (χ2n) is 4.89. The molecule has 100 valence electrons. The molecular formula is C12H18FN3O2. The van der Waals surface area contributed by atoms with Crippen molar-refractivity contribution in [3.8, 4) is 0 Å². The number of rotatable bonds is 3. The predicted octanol–water partition coefficient (Wildman–Crippen LogP) is 1.75. The maximum atomic E-state index is 13.3. The number of nitrogens with one attached hydrogen (secondary N) is 1. The lowest BCUT2D eigenvalue weighted by Crippen LogP contribution is -2.36. The molecule has 18 heavy (non-hydrogen) atoms. The summed E-state index contributed by atoms with van der Waals surface area (Å²) < 4.78 is 18.4. The SMILES string of the molecule is CC(C)(C)OC(=O)NCC(N)c1ccncc1F. The van der Waals surface area contributed by atoms with Crippen molar-refractivity contribution in [2.45, 2.75) is 32.4 Å². The molecule has 0 saturated heterocycles. The van der Waals surface area contributed by atoms with Crippen molar-refractivity contribution >= 4 is 6.09 Å². The summed E-state index contributed by atoms with van der Waals surface area (Å²) in [6.07, 6.45) is 1.96. The summed E-state index contributed by atoms with van der Waals surface area (Å²) >= 11 is 0. The minimum Gasteiger partial charge on any atom is -0.444 e. The van der Waals surface area contributed by atoms with Gasteiger partial charge in [-0.25, -0.2) is 9.18 Å². The molecule has 1 aromatic heterocycles. The van der Waals surface area contributed by atoms with Gasteiger partial charge < -0.3 is 15.8 Å². The number of halogens is 1. The molecule has 1 atom stereocenters. The van der Waals surface area contributed by atoms with E-state index in [1.807, 2.05) is 0 Å². The van der Waals surface area contributed by atoms with Crippen LogP contribution in [0.5, 0.6) is 0 Å². The fourth-order valence-electron chi connectivity index (χ4n) is 1.30. The Labute approximate surface area is 106 Å². The van der Waals surface area contributed by atoms with Crippen LogP contribution in [-0.4, -0.2) is 23.2 Å². The van der Waals surface area contributed by atoms with Crippen LogP contribution in [0.25, 0.3) is 0 Å². The van der Waals surface area contributed by atoms with E-state index in [2.05, 4.69) is 10.3 Å². The molecule has 0 saturated carbocycles. The molecule has 3 N–H and O–H groups in total. The lowest BCUT2D eigenvalue weighted by atomic mass is 10.1. The fraction of sp³-hybridized carbons (Fsp3) is 0.500. The Hall–Kier alpha value is -1.69. The average Bonchev–Trinajstić information content (AvgIpc) is 2.24. The molecule has 1 rings (SSSR count). The highest BCUT2D eigenvalue weighted by Crippen LogP contribution is 2.13. The van der Waals surface area contributed by atoms with Gasteiger partial charge in [-0.1, -0.05) is 0 Å². The molecule has 1 unspecified atom stereocenters. The van der Waals surface area contributed by atoms with Crippen molar-refractivity contribution in [1.82, 2.24) is 10.3 Å². The smallest absolute Gasteiger partial charge is 0.407 e. The molecule has 0 bridgehead atoms. The number of carbonyl (C=O) groups excluding carboxylic acids is 1. The van der Waals surface area contributed by atoms with E-state index >= 15 is 0 Å². The van der Waals surface area contributed by atoms with Gasteiger partial charge in [0.2, 0.25) is 0 Å². The maximum Gasteiger partial charge on any atom is 0.407 e. The van der Waals surface area contributed by atoms with Gasteiger partial charge in [0.25, 0.3) is 0 Å². The summed E-state index contributed by atoms with van der Waals surface area (Å²) in [4.78, 5) is 15.0. The molecule has 0 aliphatic carbocycles. The molecule has 0 aliphatic rings. The highest BCUT2D eigenvalue weighted by atomic mass is 19.1. The number of nitrogens with zero attached hydrogens (tertiary/aromatic N) is 1. The third-order valence-corrected chi connectivity index (χ3v) is 2.07. The van der Waals surface area contributed by atoms with E-state index < -0.39 is 23.6 Å². The van der Waals surface area contributed by atoms with Gasteiger partial charge in [0.05, 0.1) is 12.2 Å². The van der Waals surface area contributed by atoms with Gasteiger partial charge in [-0.2, -0.15) is 0 Å². The molecule has 5 nitrogen and oxygen atoms in total. The summed E-state index contributed by atoms with van der Waals surface area (Å²) in [5, 5.41) is 2.49. The van der Waals surface area contributed by atoms with Gasteiger partial charge in [0.1, 0.15) is 11.4 Å². The molecule has 1 heterocycles. The van der Waals surface area contributed by atoms with Crippen LogP contribution >= 0.6 is 0 Å². The van der Waals surface area contributed by atoms with Gasteiger partial charge in [-0.3, -0.25) is 4.98 Å². The Morgan fingerprint density at radius 2 is 2.28 bits per heavy atom. The summed E-state index contributed by atoms with van der Waals surface area (Å²) in [6.45, 7) is 5.37. The molecule has 0 radical (unpaired) electrons. The molecule has 0 aromatic carbocycles. The Morgan fingerprint density at radius 1 is 1.61 bits per heavy atom. The van der Waals surface area contributed by atoms with Crippen LogP contribution in [0.1, 0.15) is 32.4 Å². The lowest BCUT2D eigenvalue weighted by Gasteiger charge is -2.21. The van der Waals surface area contributed by atoms with Gasteiger partial charge >= 0.3 is 6.09 Å². The molecule has 1 aromatic rings. The molecule has 0 aliphatic heterocycles. The van der Waals surface area contributed by atoms with E-state index in [0.29, 0.717) is 5.56 Å². The number of carbonyl (C=O) groups is 1. The van der Waals surface area contributed by atoms with Crippen molar-refractivity contribution in [1.29, 1.82) is 0 Å². The van der Waals surface area contributed by atoms with E-state index in [9.17, 15) is 9.18 Å². The van der Waals surface area contributed by atoms with Gasteiger partial charge in [0.15, 0.2) is 0 Å². The Balaban J connectivity index is 2.49. The topological polar surface area (TPSA) is 77.2 Å². The highest BCUT2D eigenvalue weighted by Gasteiger charge is 2.17. The second kappa shape index (κ2) is 5.77. The Kier molecular flexibility index (Phi) is 4.61. The number of hydrogen-bond acceptors (Lipinski definition) is 4. The van der Waals surface area contributed by atoms with Crippen molar-refractivity contribution in [3.05, 3.63) is 29.8 Å². The third-order valence-electron chi connectivity index (χ3n) is 2.07. The molecule has 0 fully saturated rings. The fourth-order valence-corrected chi connectivity index (χ4v) is 1.30. The van der Waals surface area contributed by atoms with Crippen molar-refractivity contribution in [3.63, 3.8) is 0 Å². The van der Waals surface area contributed by atoms with Crippen LogP contribution in [0.15, 0.2) is 18.5 Å². The monoisotopic (exact) mass is 255 g/mol. The zero-order valence-electron chi connectivity index (χ0n) is 10.7. The minimum atomic E-state index is -0.638. The van der Waals surface area contributed by atoms with Crippen LogP contribution in [0.4, 0.5) is 9.18 Å². The van der Waals surface area contributed by atoms with E-state index in [4.69, 9.17) is 10.5 Å². The standard InChI is InChI=1S/C12H18FN3O2/c1-12(2,3)18-11(17)16-7-10(14)8-4-5-15-6-9(8)13/h4-6,10H,7,14H2,1-3H3,(H,16,17). The quantitative estimate of drug-likeness (QED) is 0.862.